The van der Waals surface area contributed by atoms with Crippen LogP contribution in [-0.2, 0) is 0 Å². The van der Waals surface area contributed by atoms with Gasteiger partial charge in [0.15, 0.2) is 0 Å². The summed E-state index contributed by atoms with van der Waals surface area (Å²) in [5, 5.41) is 9.50. The van der Waals surface area contributed by atoms with E-state index in [2.05, 4.69) is 0 Å². The van der Waals surface area contributed by atoms with E-state index < -0.39 is 0 Å². The summed E-state index contributed by atoms with van der Waals surface area (Å²) in [5.41, 5.74) is 1.11. The molecule has 0 radical (unpaired) electrons. The first kappa shape index (κ1) is 7.62. The molecular formula is C10H12O2. The lowest BCUT2D eigenvalue weighted by molar-refractivity contribution is 0.0714. The summed E-state index contributed by atoms with van der Waals surface area (Å²) in [6.07, 6.45) is -0.361. The molecule has 0 amide bonds. The van der Waals surface area contributed by atoms with E-state index in [1.54, 1.807) is 0 Å². The van der Waals surface area contributed by atoms with Gasteiger partial charge in [-0.3, -0.25) is 0 Å². The van der Waals surface area contributed by atoms with Gasteiger partial charge in [0.2, 0.25) is 0 Å². The van der Waals surface area contributed by atoms with Crippen molar-refractivity contribution < 1.29 is 9.84 Å². The number of hydrogen-bond acceptors (Lipinski definition) is 2. The lowest BCUT2D eigenvalue weighted by Gasteiger charge is -2.27. The predicted octanol–water partition coefficient (Wildman–Crippen LogP) is 1.54. The molecule has 2 nitrogen and oxygen atoms in total. The van der Waals surface area contributed by atoms with Crippen LogP contribution in [0, 0.1) is 0 Å². The highest BCUT2D eigenvalue weighted by Gasteiger charge is 2.24. The highest BCUT2D eigenvalue weighted by molar-refractivity contribution is 5.38. The molecule has 2 unspecified atom stereocenters. The van der Waals surface area contributed by atoms with Crippen molar-refractivity contribution in [1.29, 1.82) is 0 Å². The summed E-state index contributed by atoms with van der Waals surface area (Å²) in [6.45, 7) is 2.43. The van der Waals surface area contributed by atoms with Crippen molar-refractivity contribution in [2.45, 2.75) is 18.9 Å². The zero-order chi connectivity index (χ0) is 8.55. The van der Waals surface area contributed by atoms with E-state index in [0.29, 0.717) is 6.61 Å². The van der Waals surface area contributed by atoms with E-state index >= 15 is 0 Å². The number of rotatable bonds is 0. The molecule has 1 aliphatic rings. The van der Waals surface area contributed by atoms with Gasteiger partial charge in [0.1, 0.15) is 12.4 Å². The smallest absolute Gasteiger partial charge is 0.122 e. The summed E-state index contributed by atoms with van der Waals surface area (Å²) in [6, 6.07) is 7.86. The summed E-state index contributed by atoms with van der Waals surface area (Å²) in [7, 11) is 0. The average Bonchev–Trinajstić information content (AvgIpc) is 2.12. The van der Waals surface area contributed by atoms with Gasteiger partial charge in [0, 0.05) is 5.92 Å². The average molecular weight is 164 g/mol. The molecule has 64 valence electrons. The minimum absolute atomic E-state index is 0.190. The second-order valence-corrected chi connectivity index (χ2v) is 3.20. The molecule has 1 aromatic rings. The van der Waals surface area contributed by atoms with Crippen LogP contribution in [0.3, 0.4) is 0 Å². The highest BCUT2D eigenvalue weighted by atomic mass is 16.5. The van der Waals surface area contributed by atoms with Gasteiger partial charge in [-0.1, -0.05) is 25.1 Å². The van der Waals surface area contributed by atoms with Crippen molar-refractivity contribution in [3.8, 4) is 5.75 Å². The summed E-state index contributed by atoms with van der Waals surface area (Å²) in [5.74, 6) is 1.10. The monoisotopic (exact) mass is 164 g/mol. The van der Waals surface area contributed by atoms with Crippen LogP contribution in [0.25, 0.3) is 0 Å². The van der Waals surface area contributed by atoms with E-state index in [4.69, 9.17) is 4.74 Å². The second-order valence-electron chi connectivity index (χ2n) is 3.20. The fourth-order valence-corrected chi connectivity index (χ4v) is 1.51. The van der Waals surface area contributed by atoms with Gasteiger partial charge in [-0.25, -0.2) is 0 Å². The molecule has 0 spiro atoms. The Morgan fingerprint density at radius 3 is 3.00 bits per heavy atom. The third-order valence-corrected chi connectivity index (χ3v) is 2.40. The molecule has 1 aromatic carbocycles. The standard InChI is InChI=1S/C10H12O2/c1-7-8-4-2-3-5-10(8)12-6-9(7)11/h2-5,7,9,11H,6H2,1H3. The molecule has 2 rings (SSSR count). The third kappa shape index (κ3) is 1.08. The molecule has 0 fully saturated rings. The van der Waals surface area contributed by atoms with E-state index in [9.17, 15) is 5.11 Å². The van der Waals surface area contributed by atoms with Gasteiger partial charge < -0.3 is 9.84 Å². The topological polar surface area (TPSA) is 29.5 Å². The first-order valence-corrected chi connectivity index (χ1v) is 4.19. The van der Waals surface area contributed by atoms with Crippen LogP contribution < -0.4 is 4.74 Å². The third-order valence-electron chi connectivity index (χ3n) is 2.40. The van der Waals surface area contributed by atoms with Crippen LogP contribution in [-0.4, -0.2) is 17.8 Å². The minimum Gasteiger partial charge on any atom is -0.491 e. The zero-order valence-electron chi connectivity index (χ0n) is 7.03. The molecule has 0 aromatic heterocycles. The summed E-state index contributed by atoms with van der Waals surface area (Å²) < 4.78 is 5.36. The van der Waals surface area contributed by atoms with Crippen LogP contribution in [0.4, 0.5) is 0 Å². The number of ether oxygens (including phenoxy) is 1. The molecule has 0 bridgehead atoms. The van der Waals surface area contributed by atoms with Crippen molar-refractivity contribution in [2.24, 2.45) is 0 Å². The maximum absolute atomic E-state index is 9.50. The molecular weight excluding hydrogens is 152 g/mol. The Morgan fingerprint density at radius 2 is 2.17 bits per heavy atom. The molecule has 0 saturated heterocycles. The Morgan fingerprint density at radius 1 is 1.42 bits per heavy atom. The zero-order valence-corrected chi connectivity index (χ0v) is 7.03. The quantitative estimate of drug-likeness (QED) is 0.630. The SMILES string of the molecule is CC1c2ccccc2OCC1O. The fourth-order valence-electron chi connectivity index (χ4n) is 1.51. The van der Waals surface area contributed by atoms with Crippen molar-refractivity contribution in [1.82, 2.24) is 0 Å². The molecule has 12 heavy (non-hydrogen) atoms. The van der Waals surface area contributed by atoms with Gasteiger partial charge >= 0.3 is 0 Å². The van der Waals surface area contributed by atoms with E-state index in [1.165, 1.54) is 0 Å². The Kier molecular flexibility index (Phi) is 1.77. The number of hydrogen-bond donors (Lipinski definition) is 1. The number of para-hydroxylation sites is 1. The largest absolute Gasteiger partial charge is 0.491 e. The van der Waals surface area contributed by atoms with Crippen LogP contribution in [0.15, 0.2) is 24.3 Å². The molecule has 1 N–H and O–H groups in total. The maximum Gasteiger partial charge on any atom is 0.122 e. The van der Waals surface area contributed by atoms with Gasteiger partial charge in [-0.15, -0.1) is 0 Å². The van der Waals surface area contributed by atoms with Gasteiger partial charge in [0.25, 0.3) is 0 Å². The van der Waals surface area contributed by atoms with Crippen molar-refractivity contribution in [3.63, 3.8) is 0 Å². The lowest BCUT2D eigenvalue weighted by atomic mass is 9.93. The number of aliphatic hydroxyl groups excluding tert-OH is 1. The van der Waals surface area contributed by atoms with Crippen LogP contribution in [0.1, 0.15) is 18.4 Å². The van der Waals surface area contributed by atoms with Crippen LogP contribution in [0.5, 0.6) is 5.75 Å². The van der Waals surface area contributed by atoms with Crippen molar-refractivity contribution in [2.75, 3.05) is 6.61 Å². The maximum atomic E-state index is 9.50. The first-order valence-electron chi connectivity index (χ1n) is 4.19. The van der Waals surface area contributed by atoms with Crippen LogP contribution >= 0.6 is 0 Å². The highest BCUT2D eigenvalue weighted by Crippen LogP contribution is 2.32. The minimum atomic E-state index is -0.361. The molecule has 1 heterocycles. The second kappa shape index (κ2) is 2.79. The Hall–Kier alpha value is -1.02. The lowest BCUT2D eigenvalue weighted by Crippen LogP contribution is -2.28. The Balaban J connectivity index is 2.42. The van der Waals surface area contributed by atoms with Gasteiger partial charge in [-0.2, -0.15) is 0 Å². The molecule has 2 heteroatoms. The van der Waals surface area contributed by atoms with E-state index in [0.717, 1.165) is 11.3 Å². The first-order chi connectivity index (χ1) is 5.79. The summed E-state index contributed by atoms with van der Waals surface area (Å²) >= 11 is 0. The van der Waals surface area contributed by atoms with Gasteiger partial charge in [-0.05, 0) is 11.6 Å². The van der Waals surface area contributed by atoms with Crippen molar-refractivity contribution >= 4 is 0 Å². The van der Waals surface area contributed by atoms with Crippen LogP contribution in [0.2, 0.25) is 0 Å². The Labute approximate surface area is 71.8 Å². The normalized spacial score (nSPS) is 27.5. The molecule has 2 atom stereocenters. The number of fused-ring (bicyclic) bond motifs is 1. The molecule has 1 aliphatic heterocycles. The number of benzene rings is 1. The fraction of sp³-hybridized carbons (Fsp3) is 0.400. The summed E-state index contributed by atoms with van der Waals surface area (Å²) in [4.78, 5) is 0. The van der Waals surface area contributed by atoms with Crippen molar-refractivity contribution in [3.05, 3.63) is 29.8 Å². The van der Waals surface area contributed by atoms with E-state index in [-0.39, 0.29) is 12.0 Å². The predicted molar refractivity (Wildman–Crippen MR) is 46.4 cm³/mol. The molecule has 0 aliphatic carbocycles. The van der Waals surface area contributed by atoms with E-state index in [1.807, 2.05) is 31.2 Å². The molecule has 0 saturated carbocycles. The number of aliphatic hydroxyl groups is 1. The Bertz CT molecular complexity index is 283. The van der Waals surface area contributed by atoms with Gasteiger partial charge in [0.05, 0.1) is 6.10 Å².